The number of hydrogen-bond acceptors (Lipinski definition) is 8. The van der Waals surface area contributed by atoms with Crippen LogP contribution in [-0.4, -0.2) is 68.8 Å². The Labute approximate surface area is 342 Å². The van der Waals surface area contributed by atoms with Crippen LogP contribution in [0.2, 0.25) is 0 Å². The van der Waals surface area contributed by atoms with E-state index in [9.17, 15) is 20.4 Å². The third kappa shape index (κ3) is 6.45. The van der Waals surface area contributed by atoms with E-state index in [1.807, 2.05) is 72.8 Å². The molecule has 9 rings (SSSR count). The van der Waals surface area contributed by atoms with Crippen molar-refractivity contribution in [1.82, 2.24) is 19.9 Å². The van der Waals surface area contributed by atoms with Crippen LogP contribution in [0.5, 0.6) is 46.0 Å². The fourth-order valence-corrected chi connectivity index (χ4v) is 7.95. The molecule has 0 amide bonds. The summed E-state index contributed by atoms with van der Waals surface area (Å²) in [7, 11) is 6.02. The Kier molecular flexibility index (Phi) is 9.36. The number of hydrogen-bond donors (Lipinski definition) is 8. The largest absolute Gasteiger partial charge is 0.504 e. The first kappa shape index (κ1) is 37.5. The molecule has 0 radical (unpaired) electrons. The SMILES string of the molecule is COc1ccc(C2=c3ccc([nH]3)=C(c3ccc(OC)c(O)c3)c3ccc([nH]3)C(c3ccc(OC)c(O)c3)=c3ccc([nH]3)=C(c3ccc(OC)c(O)c3)c3ccc2[nH]3)cc1O. The van der Waals surface area contributed by atoms with Crippen LogP contribution in [0.1, 0.15) is 45.0 Å². The number of aromatic nitrogens is 4. The molecular weight excluding hydrogens is 761 g/mol. The zero-order chi connectivity index (χ0) is 41.7. The lowest BCUT2D eigenvalue weighted by Gasteiger charge is -2.12. The topological polar surface area (TPSA) is 181 Å². The smallest absolute Gasteiger partial charge is 0.160 e. The third-order valence-electron chi connectivity index (χ3n) is 10.8. The van der Waals surface area contributed by atoms with E-state index in [2.05, 4.69) is 19.9 Å². The number of phenolic OH excluding ortho intramolecular Hbond substituents is 4. The summed E-state index contributed by atoms with van der Waals surface area (Å²) in [5.41, 5.74) is 8.72. The highest BCUT2D eigenvalue weighted by Gasteiger charge is 2.21. The number of aromatic hydroxyl groups is 4. The Morgan fingerprint density at radius 1 is 0.300 bits per heavy atom. The van der Waals surface area contributed by atoms with Gasteiger partial charge in [0.1, 0.15) is 0 Å². The molecule has 0 saturated carbocycles. The summed E-state index contributed by atoms with van der Waals surface area (Å²) in [6.45, 7) is 0. The Hall–Kier alpha value is -8.12. The molecule has 0 fully saturated rings. The van der Waals surface area contributed by atoms with Crippen molar-refractivity contribution in [3.05, 3.63) is 188 Å². The van der Waals surface area contributed by atoms with Gasteiger partial charge in [-0.1, -0.05) is 24.3 Å². The fraction of sp³-hybridized carbons (Fsp3) is 0.0833. The number of phenols is 4. The van der Waals surface area contributed by atoms with Crippen LogP contribution < -0.4 is 40.3 Å². The maximum Gasteiger partial charge on any atom is 0.160 e. The zero-order valence-electron chi connectivity index (χ0n) is 33.0. The van der Waals surface area contributed by atoms with Gasteiger partial charge in [-0.05, 0) is 119 Å². The number of nitrogens with one attached hydrogen (secondary N) is 4. The summed E-state index contributed by atoms with van der Waals surface area (Å²) in [6, 6.07) is 36.8. The highest BCUT2D eigenvalue weighted by Crippen LogP contribution is 2.36. The summed E-state index contributed by atoms with van der Waals surface area (Å²) in [5.74, 6) is 1.25. The molecule has 0 spiro atoms. The molecule has 300 valence electrons. The van der Waals surface area contributed by atoms with Crippen molar-refractivity contribution in [1.29, 1.82) is 0 Å². The molecule has 8 N–H and O–H groups in total. The van der Waals surface area contributed by atoms with Gasteiger partial charge in [0.2, 0.25) is 0 Å². The highest BCUT2D eigenvalue weighted by molar-refractivity contribution is 5.86. The van der Waals surface area contributed by atoms with E-state index in [0.29, 0.717) is 45.3 Å². The van der Waals surface area contributed by atoms with E-state index in [1.165, 1.54) is 28.4 Å². The van der Waals surface area contributed by atoms with Gasteiger partial charge in [0.05, 0.1) is 28.4 Å². The minimum absolute atomic E-state index is 0.0230. The molecule has 8 bridgehead atoms. The van der Waals surface area contributed by atoms with Crippen molar-refractivity contribution in [2.75, 3.05) is 28.4 Å². The lowest BCUT2D eigenvalue weighted by molar-refractivity contribution is 0.373. The number of benzene rings is 4. The molecule has 1 aliphatic rings. The second kappa shape index (κ2) is 15.0. The van der Waals surface area contributed by atoms with Crippen molar-refractivity contribution in [2.45, 2.75) is 0 Å². The number of rotatable bonds is 8. The molecule has 4 aromatic carbocycles. The Morgan fingerprint density at radius 2 is 0.533 bits per heavy atom. The predicted octanol–water partition coefficient (Wildman–Crippen LogP) is 5.16. The molecule has 0 saturated heterocycles. The first-order chi connectivity index (χ1) is 29.2. The second-order valence-electron chi connectivity index (χ2n) is 14.2. The number of methoxy groups -OCH3 is 4. The van der Waals surface area contributed by atoms with Crippen molar-refractivity contribution >= 4 is 22.3 Å². The summed E-state index contributed by atoms with van der Waals surface area (Å²) in [4.78, 5) is 14.6. The van der Waals surface area contributed by atoms with Crippen LogP contribution in [0.3, 0.4) is 0 Å². The van der Waals surface area contributed by atoms with E-state index in [4.69, 9.17) is 18.9 Å². The maximum atomic E-state index is 11.0. The van der Waals surface area contributed by atoms with E-state index in [0.717, 1.165) is 66.5 Å². The van der Waals surface area contributed by atoms with Crippen molar-refractivity contribution < 1.29 is 39.4 Å². The van der Waals surface area contributed by atoms with Gasteiger partial charge in [-0.3, -0.25) is 0 Å². The van der Waals surface area contributed by atoms with Crippen LogP contribution in [0, 0.1) is 0 Å². The van der Waals surface area contributed by atoms with E-state index >= 15 is 0 Å². The minimum Gasteiger partial charge on any atom is -0.504 e. The Morgan fingerprint density at radius 3 is 0.733 bits per heavy atom. The van der Waals surface area contributed by atoms with Crippen LogP contribution >= 0.6 is 0 Å². The van der Waals surface area contributed by atoms with E-state index in [-0.39, 0.29) is 23.0 Å². The second-order valence-corrected chi connectivity index (χ2v) is 14.2. The van der Waals surface area contributed by atoms with Crippen LogP contribution in [0.15, 0.2) is 121 Å². The van der Waals surface area contributed by atoms with Gasteiger partial charge in [0, 0.05) is 66.5 Å². The number of fused-ring (bicyclic) bond motifs is 8. The molecule has 4 aromatic heterocycles. The van der Waals surface area contributed by atoms with Crippen LogP contribution in [0.25, 0.3) is 22.3 Å². The predicted molar refractivity (Wildman–Crippen MR) is 227 cm³/mol. The molecular formula is C48H40N4O8. The summed E-state index contributed by atoms with van der Waals surface area (Å²) in [5, 5.41) is 47.0. The van der Waals surface area contributed by atoms with Gasteiger partial charge in [0.25, 0.3) is 0 Å². The monoisotopic (exact) mass is 800 g/mol. The van der Waals surface area contributed by atoms with Gasteiger partial charge in [-0.2, -0.15) is 0 Å². The lowest BCUT2D eigenvalue weighted by Crippen LogP contribution is -2.19. The normalized spacial score (nSPS) is 12.5. The van der Waals surface area contributed by atoms with Gasteiger partial charge in [-0.25, -0.2) is 0 Å². The van der Waals surface area contributed by atoms with Gasteiger partial charge >= 0.3 is 0 Å². The van der Waals surface area contributed by atoms with Crippen LogP contribution in [-0.2, 0) is 0 Å². The van der Waals surface area contributed by atoms with Crippen molar-refractivity contribution in [3.63, 3.8) is 0 Å². The van der Waals surface area contributed by atoms with Crippen molar-refractivity contribution in [2.24, 2.45) is 0 Å². The molecule has 0 atom stereocenters. The molecule has 1 aliphatic heterocycles. The van der Waals surface area contributed by atoms with Crippen molar-refractivity contribution in [3.8, 4) is 46.0 Å². The summed E-state index contributed by atoms with van der Waals surface area (Å²) < 4.78 is 21.6. The number of ether oxygens (including phenoxy) is 4. The Balaban J connectivity index is 1.43. The molecule has 0 unspecified atom stereocenters. The first-order valence-electron chi connectivity index (χ1n) is 18.9. The standard InChI is InChI=1S/C48H40N4O8/c1-57-41-17-5-25(21-37(41)53)45-29-9-11-31(49-29)46(26-6-18-42(58-2)38(54)22-26)33-13-15-35(51-33)48(28-8-20-44(60-4)40(56)24-28)36-16-14-34(52-36)47(32-12-10-30(45)50-32)27-7-19-43(59-3)39(55)23-27/h5-24,49-56H,1-4H3. The molecule has 8 aromatic rings. The average Bonchev–Trinajstić information content (AvgIpc) is 4.09. The van der Waals surface area contributed by atoms with Crippen LogP contribution in [0.4, 0.5) is 0 Å². The fourth-order valence-electron chi connectivity index (χ4n) is 7.95. The maximum absolute atomic E-state index is 11.0. The third-order valence-corrected chi connectivity index (χ3v) is 10.8. The average molecular weight is 801 g/mol. The molecule has 5 heterocycles. The Bertz CT molecular complexity index is 2800. The summed E-state index contributed by atoms with van der Waals surface area (Å²) >= 11 is 0. The molecule has 60 heavy (non-hydrogen) atoms. The number of H-pyrrole nitrogens is 4. The summed E-state index contributed by atoms with van der Waals surface area (Å²) in [6.07, 6.45) is 0. The highest BCUT2D eigenvalue weighted by atomic mass is 16.5. The van der Waals surface area contributed by atoms with Gasteiger partial charge < -0.3 is 59.3 Å². The van der Waals surface area contributed by atoms with Gasteiger partial charge in [0.15, 0.2) is 46.0 Å². The quantitative estimate of drug-likeness (QED) is 0.104. The first-order valence-corrected chi connectivity index (χ1v) is 18.9. The van der Waals surface area contributed by atoms with E-state index in [1.54, 1.807) is 48.5 Å². The lowest BCUT2D eigenvalue weighted by atomic mass is 10.0. The molecule has 0 aliphatic carbocycles. The molecule has 12 nitrogen and oxygen atoms in total. The number of aromatic amines is 4. The zero-order valence-corrected chi connectivity index (χ0v) is 33.0. The minimum atomic E-state index is -0.0230. The molecule has 12 heteroatoms. The van der Waals surface area contributed by atoms with Gasteiger partial charge in [-0.15, -0.1) is 0 Å². The van der Waals surface area contributed by atoms with E-state index < -0.39 is 0 Å².